The molecule has 0 N–H and O–H groups in total. The number of carbonyl (C=O) groups is 2. The first-order valence-corrected chi connectivity index (χ1v) is 8.07. The maximum absolute atomic E-state index is 12.9. The molecule has 2 atom stereocenters. The number of amides is 1. The third kappa shape index (κ3) is 4.55. The van der Waals surface area contributed by atoms with Crippen LogP contribution in [0, 0.1) is 12.8 Å². The zero-order valence-electron chi connectivity index (χ0n) is 14.1. The predicted octanol–water partition coefficient (Wildman–Crippen LogP) is 2.43. The molecule has 5 nitrogen and oxygen atoms in total. The molecule has 2 rings (SSSR count). The molecule has 1 aromatic rings. The van der Waals surface area contributed by atoms with Crippen LogP contribution in [0.4, 0.5) is 0 Å². The van der Waals surface area contributed by atoms with Crippen LogP contribution in [-0.4, -0.2) is 49.7 Å². The molecule has 2 unspecified atom stereocenters. The standard InChI is InChI=1S/C18H25NO4/c1-13-7-4-5-9-16(13)17(20)19(11-14(2)18(21)22-3)12-15-8-6-10-23-15/h4-5,7,9,14-15H,6,8,10-12H2,1-3H3. The fraction of sp³-hybridized carbons (Fsp3) is 0.556. The van der Waals surface area contributed by atoms with E-state index in [1.165, 1.54) is 7.11 Å². The summed E-state index contributed by atoms with van der Waals surface area (Å²) < 4.78 is 10.4. The van der Waals surface area contributed by atoms with Crippen molar-refractivity contribution in [2.75, 3.05) is 26.8 Å². The lowest BCUT2D eigenvalue weighted by Crippen LogP contribution is -2.42. The Morgan fingerprint density at radius 1 is 1.39 bits per heavy atom. The van der Waals surface area contributed by atoms with Crippen LogP contribution < -0.4 is 0 Å². The van der Waals surface area contributed by atoms with Gasteiger partial charge < -0.3 is 14.4 Å². The molecular formula is C18H25NO4. The van der Waals surface area contributed by atoms with Crippen LogP contribution in [-0.2, 0) is 14.3 Å². The topological polar surface area (TPSA) is 55.8 Å². The van der Waals surface area contributed by atoms with E-state index in [9.17, 15) is 9.59 Å². The van der Waals surface area contributed by atoms with Crippen LogP contribution in [0.25, 0.3) is 0 Å². The molecule has 1 heterocycles. The van der Waals surface area contributed by atoms with Gasteiger partial charge >= 0.3 is 5.97 Å². The summed E-state index contributed by atoms with van der Waals surface area (Å²) in [6.45, 7) is 5.28. The van der Waals surface area contributed by atoms with Gasteiger partial charge in [-0.05, 0) is 31.4 Å². The van der Waals surface area contributed by atoms with Crippen molar-refractivity contribution in [1.82, 2.24) is 4.90 Å². The Balaban J connectivity index is 2.16. The molecule has 5 heteroatoms. The summed E-state index contributed by atoms with van der Waals surface area (Å²) in [4.78, 5) is 26.4. The highest BCUT2D eigenvalue weighted by atomic mass is 16.5. The Bertz CT molecular complexity index is 552. The second-order valence-corrected chi connectivity index (χ2v) is 6.08. The van der Waals surface area contributed by atoms with Gasteiger partial charge in [0.05, 0.1) is 19.1 Å². The Hall–Kier alpha value is -1.88. The molecule has 0 aliphatic carbocycles. The van der Waals surface area contributed by atoms with Gasteiger partial charge in [0.1, 0.15) is 0 Å². The van der Waals surface area contributed by atoms with E-state index in [2.05, 4.69) is 0 Å². The summed E-state index contributed by atoms with van der Waals surface area (Å²) in [6.07, 6.45) is 2.01. The van der Waals surface area contributed by atoms with Gasteiger partial charge in [-0.2, -0.15) is 0 Å². The van der Waals surface area contributed by atoms with Crippen LogP contribution in [0.5, 0.6) is 0 Å². The van der Waals surface area contributed by atoms with E-state index in [4.69, 9.17) is 9.47 Å². The van der Waals surface area contributed by atoms with Gasteiger partial charge in [-0.25, -0.2) is 0 Å². The van der Waals surface area contributed by atoms with Gasteiger partial charge in [0.2, 0.25) is 0 Å². The van der Waals surface area contributed by atoms with Crippen molar-refractivity contribution in [2.45, 2.75) is 32.8 Å². The minimum absolute atomic E-state index is 0.0489. The number of benzene rings is 1. The first-order chi connectivity index (χ1) is 11.0. The van der Waals surface area contributed by atoms with E-state index in [-0.39, 0.29) is 23.9 Å². The molecule has 0 aromatic heterocycles. The number of nitrogens with zero attached hydrogens (tertiary/aromatic N) is 1. The minimum Gasteiger partial charge on any atom is -0.469 e. The van der Waals surface area contributed by atoms with Crippen LogP contribution in [0.15, 0.2) is 24.3 Å². The van der Waals surface area contributed by atoms with Gasteiger partial charge in [0, 0.05) is 25.3 Å². The van der Waals surface area contributed by atoms with Crippen LogP contribution in [0.3, 0.4) is 0 Å². The van der Waals surface area contributed by atoms with Crippen molar-refractivity contribution < 1.29 is 19.1 Å². The third-order valence-corrected chi connectivity index (χ3v) is 4.21. The number of rotatable bonds is 6. The SMILES string of the molecule is COC(=O)C(C)CN(CC1CCCO1)C(=O)c1ccccc1C. The molecule has 23 heavy (non-hydrogen) atoms. The Labute approximate surface area is 137 Å². The van der Waals surface area contributed by atoms with Crippen molar-refractivity contribution in [3.8, 4) is 0 Å². The molecule has 1 aromatic carbocycles. The highest BCUT2D eigenvalue weighted by Gasteiger charge is 2.27. The zero-order valence-corrected chi connectivity index (χ0v) is 14.1. The second-order valence-electron chi connectivity index (χ2n) is 6.08. The van der Waals surface area contributed by atoms with Crippen LogP contribution in [0.1, 0.15) is 35.7 Å². The molecule has 1 fully saturated rings. The number of hydrogen-bond donors (Lipinski definition) is 0. The maximum atomic E-state index is 12.9. The fourth-order valence-corrected chi connectivity index (χ4v) is 2.86. The number of esters is 1. The molecular weight excluding hydrogens is 294 g/mol. The number of ether oxygens (including phenoxy) is 2. The van der Waals surface area contributed by atoms with Crippen molar-refractivity contribution in [2.24, 2.45) is 5.92 Å². The molecule has 1 saturated heterocycles. The summed E-state index contributed by atoms with van der Waals surface area (Å²) >= 11 is 0. The third-order valence-electron chi connectivity index (χ3n) is 4.21. The summed E-state index contributed by atoms with van der Waals surface area (Å²) in [5, 5.41) is 0. The number of carbonyl (C=O) groups excluding carboxylic acids is 2. The normalized spacial score (nSPS) is 18.5. The molecule has 0 radical (unpaired) electrons. The zero-order chi connectivity index (χ0) is 16.8. The molecule has 0 bridgehead atoms. The molecule has 0 spiro atoms. The highest BCUT2D eigenvalue weighted by Crippen LogP contribution is 2.18. The lowest BCUT2D eigenvalue weighted by atomic mass is 10.1. The monoisotopic (exact) mass is 319 g/mol. The van der Waals surface area contributed by atoms with Crippen molar-refractivity contribution >= 4 is 11.9 Å². The fourth-order valence-electron chi connectivity index (χ4n) is 2.86. The van der Waals surface area contributed by atoms with Gasteiger partial charge in [-0.3, -0.25) is 9.59 Å². The van der Waals surface area contributed by atoms with Crippen molar-refractivity contribution in [1.29, 1.82) is 0 Å². The number of hydrogen-bond acceptors (Lipinski definition) is 4. The van der Waals surface area contributed by atoms with Crippen LogP contribution in [0.2, 0.25) is 0 Å². The lowest BCUT2D eigenvalue weighted by molar-refractivity contribution is -0.145. The molecule has 1 aliphatic heterocycles. The first-order valence-electron chi connectivity index (χ1n) is 8.07. The number of aryl methyl sites for hydroxylation is 1. The van der Waals surface area contributed by atoms with Gasteiger partial charge in [-0.1, -0.05) is 25.1 Å². The molecule has 1 amide bonds. The van der Waals surface area contributed by atoms with E-state index < -0.39 is 0 Å². The molecule has 126 valence electrons. The van der Waals surface area contributed by atoms with Crippen LogP contribution >= 0.6 is 0 Å². The van der Waals surface area contributed by atoms with Crippen molar-refractivity contribution in [3.63, 3.8) is 0 Å². The average molecular weight is 319 g/mol. The Morgan fingerprint density at radius 3 is 2.74 bits per heavy atom. The van der Waals surface area contributed by atoms with Gasteiger partial charge in [0.25, 0.3) is 5.91 Å². The Kier molecular flexibility index (Phi) is 6.16. The maximum Gasteiger partial charge on any atom is 0.310 e. The van der Waals surface area contributed by atoms with Gasteiger partial charge in [-0.15, -0.1) is 0 Å². The average Bonchev–Trinajstić information content (AvgIpc) is 3.06. The van der Waals surface area contributed by atoms with Gasteiger partial charge in [0.15, 0.2) is 0 Å². The van der Waals surface area contributed by atoms with E-state index >= 15 is 0 Å². The lowest BCUT2D eigenvalue weighted by Gasteiger charge is -2.28. The summed E-state index contributed by atoms with van der Waals surface area (Å²) in [6, 6.07) is 7.51. The Morgan fingerprint density at radius 2 is 2.13 bits per heavy atom. The molecule has 1 aliphatic rings. The van der Waals surface area contributed by atoms with E-state index in [1.54, 1.807) is 11.8 Å². The van der Waals surface area contributed by atoms with E-state index in [0.717, 1.165) is 25.0 Å². The summed E-state index contributed by atoms with van der Waals surface area (Å²) in [5.41, 5.74) is 1.60. The highest BCUT2D eigenvalue weighted by molar-refractivity contribution is 5.95. The summed E-state index contributed by atoms with van der Waals surface area (Å²) in [5.74, 6) is -0.733. The molecule has 0 saturated carbocycles. The van der Waals surface area contributed by atoms with Crippen molar-refractivity contribution in [3.05, 3.63) is 35.4 Å². The van der Waals surface area contributed by atoms with E-state index in [0.29, 0.717) is 18.7 Å². The quantitative estimate of drug-likeness (QED) is 0.756. The predicted molar refractivity (Wildman–Crippen MR) is 87.2 cm³/mol. The largest absolute Gasteiger partial charge is 0.469 e. The minimum atomic E-state index is -0.366. The van der Waals surface area contributed by atoms with E-state index in [1.807, 2.05) is 31.2 Å². The second kappa shape index (κ2) is 8.11. The first kappa shape index (κ1) is 17.5. The number of methoxy groups -OCH3 is 1. The summed E-state index contributed by atoms with van der Waals surface area (Å²) in [7, 11) is 1.37. The smallest absolute Gasteiger partial charge is 0.310 e.